The Labute approximate surface area is 147 Å². The summed E-state index contributed by atoms with van der Waals surface area (Å²) in [7, 11) is 1.68. The number of rotatable bonds is 7. The van der Waals surface area contributed by atoms with Gasteiger partial charge >= 0.3 is 0 Å². The number of anilines is 3. The molecule has 0 atom stereocenters. The third-order valence-corrected chi connectivity index (χ3v) is 3.84. The lowest BCUT2D eigenvalue weighted by atomic mass is 10.1. The van der Waals surface area contributed by atoms with Gasteiger partial charge in [0.2, 0.25) is 5.95 Å². The first-order valence-electron chi connectivity index (χ1n) is 8.14. The van der Waals surface area contributed by atoms with Gasteiger partial charge in [0.25, 0.3) is 0 Å². The van der Waals surface area contributed by atoms with Crippen molar-refractivity contribution in [2.45, 2.75) is 13.3 Å². The summed E-state index contributed by atoms with van der Waals surface area (Å²) in [5, 5.41) is 14.5. The van der Waals surface area contributed by atoms with E-state index in [1.807, 2.05) is 49.4 Å². The third kappa shape index (κ3) is 4.44. The smallest absolute Gasteiger partial charge is 0.249 e. The molecule has 0 amide bonds. The molecule has 0 saturated heterocycles. The normalized spacial score (nSPS) is 10.3. The number of aryl methyl sites for hydroxylation is 1. The first-order valence-corrected chi connectivity index (χ1v) is 8.14. The van der Waals surface area contributed by atoms with Crippen LogP contribution in [0.3, 0.4) is 0 Å². The maximum absolute atomic E-state index is 5.37. The Balaban J connectivity index is 1.61. The highest BCUT2D eigenvalue weighted by molar-refractivity contribution is 5.58. The molecule has 0 fully saturated rings. The first kappa shape index (κ1) is 16.7. The van der Waals surface area contributed by atoms with Gasteiger partial charge in [-0.2, -0.15) is 10.1 Å². The number of ether oxygens (including phenoxy) is 1. The Morgan fingerprint density at radius 2 is 1.84 bits per heavy atom. The highest BCUT2D eigenvalue weighted by Crippen LogP contribution is 2.19. The molecular formula is C19H21N5O. The average Bonchev–Trinajstić information content (AvgIpc) is 2.64. The molecule has 6 nitrogen and oxygen atoms in total. The van der Waals surface area contributed by atoms with E-state index >= 15 is 0 Å². The van der Waals surface area contributed by atoms with Crippen LogP contribution in [0.5, 0.6) is 5.75 Å². The van der Waals surface area contributed by atoms with Crippen LogP contribution < -0.4 is 15.4 Å². The number of benzene rings is 2. The van der Waals surface area contributed by atoms with Gasteiger partial charge in [-0.3, -0.25) is 0 Å². The van der Waals surface area contributed by atoms with Gasteiger partial charge < -0.3 is 15.4 Å². The molecule has 0 saturated carbocycles. The van der Waals surface area contributed by atoms with Crippen molar-refractivity contribution in [3.05, 3.63) is 65.9 Å². The topological polar surface area (TPSA) is 72.0 Å². The van der Waals surface area contributed by atoms with Crippen LogP contribution in [-0.2, 0) is 6.42 Å². The van der Waals surface area contributed by atoms with E-state index in [0.29, 0.717) is 11.8 Å². The fourth-order valence-electron chi connectivity index (χ4n) is 2.51. The van der Waals surface area contributed by atoms with Gasteiger partial charge in [0.15, 0.2) is 5.82 Å². The SMILES string of the molecule is COc1ccccc1CCNc1cnnc(Nc2ccccc2C)n1. The molecular weight excluding hydrogens is 314 g/mol. The molecule has 0 unspecified atom stereocenters. The van der Waals surface area contributed by atoms with Gasteiger partial charge in [0.05, 0.1) is 13.3 Å². The number of aromatic nitrogens is 3. The van der Waals surface area contributed by atoms with Crippen molar-refractivity contribution in [1.29, 1.82) is 0 Å². The molecule has 0 aliphatic heterocycles. The zero-order valence-electron chi connectivity index (χ0n) is 14.4. The van der Waals surface area contributed by atoms with E-state index in [1.54, 1.807) is 13.3 Å². The standard InChI is InChI=1S/C19H21N5O/c1-14-7-3-5-9-16(14)22-19-23-18(13-21-24-19)20-12-11-15-8-4-6-10-17(15)25-2/h3-10,13H,11-12H2,1-2H3,(H2,20,22,23,24). The average molecular weight is 335 g/mol. The minimum absolute atomic E-state index is 0.469. The number of nitrogens with zero attached hydrogens (tertiary/aromatic N) is 3. The fourth-order valence-corrected chi connectivity index (χ4v) is 2.51. The van der Waals surface area contributed by atoms with Gasteiger partial charge in [-0.05, 0) is 36.6 Å². The van der Waals surface area contributed by atoms with Crippen LogP contribution in [0.1, 0.15) is 11.1 Å². The van der Waals surface area contributed by atoms with Crippen molar-refractivity contribution in [2.24, 2.45) is 0 Å². The monoisotopic (exact) mass is 335 g/mol. The van der Waals surface area contributed by atoms with E-state index in [1.165, 1.54) is 0 Å². The Morgan fingerprint density at radius 3 is 2.68 bits per heavy atom. The largest absolute Gasteiger partial charge is 0.496 e. The molecule has 1 heterocycles. The van der Waals surface area contributed by atoms with Crippen molar-refractivity contribution in [3.63, 3.8) is 0 Å². The maximum atomic E-state index is 5.37. The van der Waals surface area contributed by atoms with Crippen LogP contribution >= 0.6 is 0 Å². The summed E-state index contributed by atoms with van der Waals surface area (Å²) in [5.74, 6) is 2.05. The molecule has 2 N–H and O–H groups in total. The van der Waals surface area contributed by atoms with Crippen molar-refractivity contribution in [1.82, 2.24) is 15.2 Å². The molecule has 0 aliphatic carbocycles. The molecule has 6 heteroatoms. The van der Waals surface area contributed by atoms with E-state index in [9.17, 15) is 0 Å². The lowest BCUT2D eigenvalue weighted by molar-refractivity contribution is 0.410. The number of nitrogens with one attached hydrogen (secondary N) is 2. The minimum atomic E-state index is 0.469. The lowest BCUT2D eigenvalue weighted by Crippen LogP contribution is -2.09. The highest BCUT2D eigenvalue weighted by atomic mass is 16.5. The zero-order chi connectivity index (χ0) is 17.5. The summed E-state index contributed by atoms with van der Waals surface area (Å²) >= 11 is 0. The Hall–Kier alpha value is -3.15. The van der Waals surface area contributed by atoms with Gasteiger partial charge in [-0.15, -0.1) is 5.10 Å². The molecule has 0 radical (unpaired) electrons. The van der Waals surface area contributed by atoms with Gasteiger partial charge in [0, 0.05) is 12.2 Å². The summed E-state index contributed by atoms with van der Waals surface area (Å²) in [6.45, 7) is 2.76. The summed E-state index contributed by atoms with van der Waals surface area (Å²) < 4.78 is 5.37. The van der Waals surface area contributed by atoms with E-state index in [0.717, 1.165) is 35.5 Å². The van der Waals surface area contributed by atoms with E-state index in [-0.39, 0.29) is 0 Å². The zero-order valence-corrected chi connectivity index (χ0v) is 14.4. The van der Waals surface area contributed by atoms with Gasteiger partial charge in [-0.1, -0.05) is 36.4 Å². The lowest BCUT2D eigenvalue weighted by Gasteiger charge is -2.10. The Kier molecular flexibility index (Phi) is 5.41. The van der Waals surface area contributed by atoms with E-state index < -0.39 is 0 Å². The third-order valence-electron chi connectivity index (χ3n) is 3.84. The highest BCUT2D eigenvalue weighted by Gasteiger charge is 2.04. The second-order valence-electron chi connectivity index (χ2n) is 5.59. The minimum Gasteiger partial charge on any atom is -0.496 e. The number of para-hydroxylation sites is 2. The summed E-state index contributed by atoms with van der Waals surface area (Å²) in [6.07, 6.45) is 2.44. The quantitative estimate of drug-likeness (QED) is 0.687. The second-order valence-corrected chi connectivity index (χ2v) is 5.59. The number of hydrogen-bond donors (Lipinski definition) is 2. The molecule has 0 aliphatic rings. The molecule has 0 bridgehead atoms. The molecule has 0 spiro atoms. The van der Waals surface area contributed by atoms with Gasteiger partial charge in [-0.25, -0.2) is 0 Å². The molecule has 2 aromatic carbocycles. The van der Waals surface area contributed by atoms with Crippen molar-refractivity contribution in [2.75, 3.05) is 24.3 Å². The maximum Gasteiger partial charge on any atom is 0.249 e. The molecule has 3 rings (SSSR count). The van der Waals surface area contributed by atoms with E-state index in [4.69, 9.17) is 4.74 Å². The second kappa shape index (κ2) is 8.10. The van der Waals surface area contributed by atoms with Crippen LogP contribution in [-0.4, -0.2) is 28.8 Å². The Morgan fingerprint density at radius 1 is 1.04 bits per heavy atom. The Bertz CT molecular complexity index is 837. The van der Waals surface area contributed by atoms with Crippen LogP contribution in [0.15, 0.2) is 54.7 Å². The molecule has 128 valence electrons. The molecule has 1 aromatic heterocycles. The number of hydrogen-bond acceptors (Lipinski definition) is 6. The van der Waals surface area contributed by atoms with E-state index in [2.05, 4.69) is 31.9 Å². The molecule has 25 heavy (non-hydrogen) atoms. The predicted octanol–water partition coefficient (Wildman–Crippen LogP) is 3.59. The predicted molar refractivity (Wildman–Crippen MR) is 99.5 cm³/mol. The summed E-state index contributed by atoms with van der Waals surface area (Å²) in [4.78, 5) is 4.46. The van der Waals surface area contributed by atoms with Crippen LogP contribution in [0, 0.1) is 6.92 Å². The summed E-state index contributed by atoms with van der Waals surface area (Å²) in [5.41, 5.74) is 3.24. The van der Waals surface area contributed by atoms with Crippen molar-refractivity contribution in [3.8, 4) is 5.75 Å². The molecule has 3 aromatic rings. The van der Waals surface area contributed by atoms with Gasteiger partial charge in [0.1, 0.15) is 5.75 Å². The fraction of sp³-hybridized carbons (Fsp3) is 0.211. The van der Waals surface area contributed by atoms with Crippen LogP contribution in [0.2, 0.25) is 0 Å². The van der Waals surface area contributed by atoms with Crippen LogP contribution in [0.25, 0.3) is 0 Å². The summed E-state index contributed by atoms with van der Waals surface area (Å²) in [6, 6.07) is 16.0. The van der Waals surface area contributed by atoms with Crippen molar-refractivity contribution < 1.29 is 4.74 Å². The first-order chi connectivity index (χ1) is 12.3. The number of methoxy groups -OCH3 is 1. The van der Waals surface area contributed by atoms with Crippen LogP contribution in [0.4, 0.5) is 17.5 Å². The van der Waals surface area contributed by atoms with Crippen molar-refractivity contribution >= 4 is 17.5 Å².